The number of anilines is 1. The molecule has 98 valence electrons. The fraction of sp³-hybridized carbons (Fsp3) is 0. The molecule has 7 heteroatoms. The maximum Gasteiger partial charge on any atom is 0.258 e. The molecule has 2 aromatic rings. The lowest BCUT2D eigenvalue weighted by Crippen LogP contribution is -2.15. The number of hydrogen-bond donors (Lipinski definition) is 1. The lowest BCUT2D eigenvalue weighted by Gasteiger charge is -2.08. The minimum Gasteiger partial charge on any atom is -0.321 e. The Morgan fingerprint density at radius 3 is 2.63 bits per heavy atom. The van der Waals surface area contributed by atoms with Gasteiger partial charge in [0.2, 0.25) is 5.95 Å². The van der Waals surface area contributed by atoms with Crippen LogP contribution in [-0.4, -0.2) is 10.9 Å². The number of rotatable bonds is 2. The van der Waals surface area contributed by atoms with Gasteiger partial charge in [-0.15, -0.1) is 0 Å². The normalized spacial score (nSPS) is 10.3. The Morgan fingerprint density at radius 2 is 1.95 bits per heavy atom. The van der Waals surface area contributed by atoms with E-state index in [0.717, 1.165) is 24.4 Å². The predicted molar refractivity (Wildman–Crippen MR) is 66.2 cm³/mol. The molecule has 3 nitrogen and oxygen atoms in total. The highest BCUT2D eigenvalue weighted by Gasteiger charge is 2.17. The minimum atomic E-state index is -1.36. The summed E-state index contributed by atoms with van der Waals surface area (Å²) in [5.74, 6) is -4.04. The molecule has 0 bridgehead atoms. The molecular formula is C12H6BrF3N2O. The van der Waals surface area contributed by atoms with Crippen molar-refractivity contribution in [2.24, 2.45) is 0 Å². The van der Waals surface area contributed by atoms with Gasteiger partial charge in [-0.3, -0.25) is 4.79 Å². The van der Waals surface area contributed by atoms with E-state index in [2.05, 4.69) is 26.2 Å². The average molecular weight is 331 g/mol. The largest absolute Gasteiger partial charge is 0.321 e. The highest BCUT2D eigenvalue weighted by atomic mass is 79.9. The van der Waals surface area contributed by atoms with Crippen LogP contribution in [0.25, 0.3) is 0 Å². The fourth-order valence-electron chi connectivity index (χ4n) is 1.37. The van der Waals surface area contributed by atoms with Crippen molar-refractivity contribution in [2.75, 3.05) is 5.32 Å². The van der Waals surface area contributed by atoms with E-state index in [0.29, 0.717) is 0 Å². The smallest absolute Gasteiger partial charge is 0.258 e. The predicted octanol–water partition coefficient (Wildman–Crippen LogP) is 3.51. The van der Waals surface area contributed by atoms with Crippen LogP contribution in [0, 0.1) is 17.6 Å². The summed E-state index contributed by atoms with van der Waals surface area (Å²) in [6.45, 7) is 0. The van der Waals surface area contributed by atoms with Crippen molar-refractivity contribution in [2.45, 2.75) is 0 Å². The summed E-state index contributed by atoms with van der Waals surface area (Å²) >= 11 is 3.05. The number of carbonyl (C=O) groups is 1. The second-order valence-corrected chi connectivity index (χ2v) is 4.40. The van der Waals surface area contributed by atoms with E-state index < -0.39 is 29.1 Å². The molecule has 1 aromatic carbocycles. The first-order valence-electron chi connectivity index (χ1n) is 5.05. The second kappa shape index (κ2) is 5.40. The Labute approximate surface area is 114 Å². The maximum atomic E-state index is 13.3. The van der Waals surface area contributed by atoms with Gasteiger partial charge in [0, 0.05) is 10.7 Å². The molecule has 0 aliphatic rings. The number of halogens is 4. The van der Waals surface area contributed by atoms with Crippen LogP contribution in [-0.2, 0) is 0 Å². The van der Waals surface area contributed by atoms with Crippen molar-refractivity contribution in [1.82, 2.24) is 4.98 Å². The van der Waals surface area contributed by atoms with Gasteiger partial charge in [0.05, 0.1) is 11.3 Å². The van der Waals surface area contributed by atoms with E-state index in [9.17, 15) is 18.0 Å². The molecule has 0 saturated carbocycles. The summed E-state index contributed by atoms with van der Waals surface area (Å²) in [6.07, 6.45) is 0.979. The Bertz CT molecular complexity index is 649. The van der Waals surface area contributed by atoms with Crippen molar-refractivity contribution < 1.29 is 18.0 Å². The number of aromatic nitrogens is 1. The molecule has 2 rings (SSSR count). The number of nitrogens with zero attached hydrogens (tertiary/aromatic N) is 1. The number of hydrogen-bond acceptors (Lipinski definition) is 2. The van der Waals surface area contributed by atoms with E-state index in [1.54, 1.807) is 0 Å². The molecule has 0 aliphatic carbocycles. The molecule has 1 amide bonds. The number of pyridine rings is 1. The second-order valence-electron chi connectivity index (χ2n) is 3.54. The summed E-state index contributed by atoms with van der Waals surface area (Å²) in [6, 6.07) is 4.61. The SMILES string of the molecule is O=C(Nc1ccc(F)cc1Br)c1ccnc(F)c1F. The summed E-state index contributed by atoms with van der Waals surface area (Å²) in [5, 5.41) is 2.33. The highest BCUT2D eigenvalue weighted by Crippen LogP contribution is 2.24. The van der Waals surface area contributed by atoms with Crippen LogP contribution in [0.15, 0.2) is 34.9 Å². The summed E-state index contributed by atoms with van der Waals surface area (Å²) in [5.41, 5.74) is -0.244. The summed E-state index contributed by atoms with van der Waals surface area (Å²) in [7, 11) is 0. The van der Waals surface area contributed by atoms with E-state index in [4.69, 9.17) is 0 Å². The van der Waals surface area contributed by atoms with Crippen molar-refractivity contribution in [3.63, 3.8) is 0 Å². The molecule has 1 aromatic heterocycles. The monoisotopic (exact) mass is 330 g/mol. The zero-order chi connectivity index (χ0) is 14.0. The Hall–Kier alpha value is -1.89. The quantitative estimate of drug-likeness (QED) is 0.856. The Morgan fingerprint density at radius 1 is 1.21 bits per heavy atom. The van der Waals surface area contributed by atoms with Gasteiger partial charge in [-0.25, -0.2) is 13.8 Å². The third-order valence-corrected chi connectivity index (χ3v) is 2.93. The molecule has 0 spiro atoms. The van der Waals surface area contributed by atoms with Gasteiger partial charge < -0.3 is 5.32 Å². The topological polar surface area (TPSA) is 42.0 Å². The number of nitrogens with one attached hydrogen (secondary N) is 1. The first kappa shape index (κ1) is 13.5. The van der Waals surface area contributed by atoms with E-state index >= 15 is 0 Å². The van der Waals surface area contributed by atoms with Crippen LogP contribution in [0.3, 0.4) is 0 Å². The third kappa shape index (κ3) is 2.93. The third-order valence-electron chi connectivity index (χ3n) is 2.27. The molecule has 1 heterocycles. The fourth-order valence-corrected chi connectivity index (χ4v) is 1.82. The zero-order valence-electron chi connectivity index (χ0n) is 9.25. The zero-order valence-corrected chi connectivity index (χ0v) is 10.8. The minimum absolute atomic E-state index is 0.239. The number of benzene rings is 1. The number of amides is 1. The molecule has 0 atom stereocenters. The molecule has 0 radical (unpaired) electrons. The lowest BCUT2D eigenvalue weighted by molar-refractivity contribution is 0.102. The molecule has 1 N–H and O–H groups in total. The first-order valence-corrected chi connectivity index (χ1v) is 5.84. The van der Waals surface area contributed by atoms with Crippen molar-refractivity contribution in [1.29, 1.82) is 0 Å². The van der Waals surface area contributed by atoms with Gasteiger partial charge in [-0.2, -0.15) is 4.39 Å². The molecule has 0 saturated heterocycles. The maximum absolute atomic E-state index is 13.3. The first-order chi connectivity index (χ1) is 8.99. The average Bonchev–Trinajstić information content (AvgIpc) is 2.36. The van der Waals surface area contributed by atoms with E-state index in [-0.39, 0.29) is 10.2 Å². The summed E-state index contributed by atoms with van der Waals surface area (Å²) < 4.78 is 39.4. The van der Waals surface area contributed by atoms with Crippen molar-refractivity contribution >= 4 is 27.5 Å². The molecular weight excluding hydrogens is 325 g/mol. The standard InChI is InChI=1S/C12H6BrF3N2O/c13-8-5-6(14)1-2-9(8)18-12(19)7-3-4-17-11(16)10(7)15/h1-5H,(H,18,19). The molecule has 0 unspecified atom stereocenters. The van der Waals surface area contributed by atoms with Crippen LogP contribution in [0.2, 0.25) is 0 Å². The van der Waals surface area contributed by atoms with Crippen LogP contribution in [0.5, 0.6) is 0 Å². The van der Waals surface area contributed by atoms with Gasteiger partial charge in [0.25, 0.3) is 5.91 Å². The van der Waals surface area contributed by atoms with Crippen LogP contribution in [0.4, 0.5) is 18.9 Å². The van der Waals surface area contributed by atoms with Crippen LogP contribution in [0.1, 0.15) is 10.4 Å². The van der Waals surface area contributed by atoms with Gasteiger partial charge in [-0.1, -0.05) is 0 Å². The van der Waals surface area contributed by atoms with Crippen LogP contribution >= 0.6 is 15.9 Å². The van der Waals surface area contributed by atoms with Crippen molar-refractivity contribution in [3.8, 4) is 0 Å². The van der Waals surface area contributed by atoms with Gasteiger partial charge in [-0.05, 0) is 40.2 Å². The molecule has 0 fully saturated rings. The number of carbonyl (C=O) groups excluding carboxylic acids is 1. The molecule has 19 heavy (non-hydrogen) atoms. The van der Waals surface area contributed by atoms with Crippen LogP contribution < -0.4 is 5.32 Å². The van der Waals surface area contributed by atoms with Gasteiger partial charge in [0.15, 0.2) is 5.82 Å². The highest BCUT2D eigenvalue weighted by molar-refractivity contribution is 9.10. The summed E-state index contributed by atoms with van der Waals surface area (Å²) in [4.78, 5) is 14.8. The Balaban J connectivity index is 2.28. The Kier molecular flexibility index (Phi) is 3.84. The van der Waals surface area contributed by atoms with Crippen molar-refractivity contribution in [3.05, 3.63) is 58.1 Å². The molecule has 0 aliphatic heterocycles. The van der Waals surface area contributed by atoms with Gasteiger partial charge in [0.1, 0.15) is 5.82 Å². The lowest BCUT2D eigenvalue weighted by atomic mass is 10.2. The van der Waals surface area contributed by atoms with Gasteiger partial charge >= 0.3 is 0 Å². The van der Waals surface area contributed by atoms with E-state index in [1.807, 2.05) is 0 Å². The van der Waals surface area contributed by atoms with E-state index in [1.165, 1.54) is 6.07 Å².